The molecular formula is C27H26Cl2F3N7O3S. The minimum absolute atomic E-state index is 0.0317. The number of allylic oxidation sites excluding steroid dienone is 1. The second-order valence-electron chi connectivity index (χ2n) is 8.65. The summed E-state index contributed by atoms with van der Waals surface area (Å²) in [6.45, 7) is 5.10. The molecule has 0 aliphatic rings. The number of halogens is 5. The third-order valence-electron chi connectivity index (χ3n) is 5.51. The number of aromatic nitrogens is 3. The van der Waals surface area contributed by atoms with Crippen molar-refractivity contribution in [2.75, 3.05) is 17.7 Å². The Morgan fingerprint density at radius 2 is 1.95 bits per heavy atom. The van der Waals surface area contributed by atoms with E-state index in [2.05, 4.69) is 35.9 Å². The van der Waals surface area contributed by atoms with E-state index in [0.717, 1.165) is 24.0 Å². The number of amides is 2. The SMILES string of the molecule is CC/C=C/N=C(Nc1cccnc1OC)/C(Cl)=C(\C)C(=O)NC(C)c1ncc(C(=O)Nc2cc(C(F)(F)F)c(Cl)cn2)s1. The predicted molar refractivity (Wildman–Crippen MR) is 161 cm³/mol. The van der Waals surface area contributed by atoms with Gasteiger partial charge in [0.2, 0.25) is 11.8 Å². The van der Waals surface area contributed by atoms with Crippen molar-refractivity contribution < 1.29 is 27.5 Å². The van der Waals surface area contributed by atoms with Crippen LogP contribution in [-0.4, -0.2) is 39.7 Å². The van der Waals surface area contributed by atoms with Crippen LogP contribution in [0.1, 0.15) is 53.5 Å². The highest BCUT2D eigenvalue weighted by Crippen LogP contribution is 2.35. The molecule has 3 rings (SSSR count). The molecule has 0 saturated heterocycles. The number of amidine groups is 1. The van der Waals surface area contributed by atoms with Crippen molar-refractivity contribution in [2.45, 2.75) is 39.4 Å². The summed E-state index contributed by atoms with van der Waals surface area (Å²) in [5.41, 5.74) is -0.519. The van der Waals surface area contributed by atoms with Gasteiger partial charge in [0, 0.05) is 24.2 Å². The monoisotopic (exact) mass is 655 g/mol. The molecule has 0 bridgehead atoms. The highest BCUT2D eigenvalue weighted by atomic mass is 35.5. The van der Waals surface area contributed by atoms with Gasteiger partial charge in [0.05, 0.1) is 35.0 Å². The molecule has 43 heavy (non-hydrogen) atoms. The lowest BCUT2D eigenvalue weighted by Crippen LogP contribution is -2.29. The number of carbonyl (C=O) groups is 2. The van der Waals surface area contributed by atoms with Crippen LogP contribution in [0.5, 0.6) is 5.88 Å². The van der Waals surface area contributed by atoms with Crippen LogP contribution in [-0.2, 0) is 11.0 Å². The Hall–Kier alpha value is -4.01. The number of thiazole rings is 1. The molecule has 1 atom stereocenters. The molecule has 3 aromatic heterocycles. The maximum Gasteiger partial charge on any atom is 0.418 e. The molecule has 0 aliphatic carbocycles. The number of alkyl halides is 3. The minimum atomic E-state index is -4.72. The average molecular weight is 657 g/mol. The van der Waals surface area contributed by atoms with E-state index in [1.807, 2.05) is 6.92 Å². The number of carbonyl (C=O) groups excluding carboxylic acids is 2. The van der Waals surface area contributed by atoms with E-state index < -0.39 is 34.6 Å². The van der Waals surface area contributed by atoms with Crippen molar-refractivity contribution in [1.82, 2.24) is 20.3 Å². The molecule has 10 nitrogen and oxygen atoms in total. The molecule has 0 aliphatic heterocycles. The Kier molecular flexibility index (Phi) is 11.6. The van der Waals surface area contributed by atoms with Crippen molar-refractivity contribution in [2.24, 2.45) is 4.99 Å². The second-order valence-corrected chi connectivity index (χ2v) is 10.5. The van der Waals surface area contributed by atoms with Gasteiger partial charge in [0.1, 0.15) is 27.2 Å². The third kappa shape index (κ3) is 8.99. The topological polar surface area (TPSA) is 130 Å². The molecule has 2 amide bonds. The lowest BCUT2D eigenvalue weighted by Gasteiger charge is -2.15. The van der Waals surface area contributed by atoms with Crippen molar-refractivity contribution in [3.05, 3.63) is 80.1 Å². The molecule has 1 unspecified atom stereocenters. The first-order valence-corrected chi connectivity index (χ1v) is 14.1. The Labute approximate surface area is 259 Å². The van der Waals surface area contributed by atoms with Crippen molar-refractivity contribution in [1.29, 1.82) is 0 Å². The van der Waals surface area contributed by atoms with Gasteiger partial charge in [-0.1, -0.05) is 36.2 Å². The average Bonchev–Trinajstić information content (AvgIpc) is 3.47. The molecule has 0 spiro atoms. The number of ether oxygens (including phenoxy) is 1. The number of nitrogens with one attached hydrogen (secondary N) is 3. The first kappa shape index (κ1) is 33.5. The van der Waals surface area contributed by atoms with Gasteiger partial charge in [-0.05, 0) is 38.5 Å². The molecule has 3 N–H and O–H groups in total. The fraction of sp³-hybridized carbons (Fsp3) is 0.259. The fourth-order valence-corrected chi connectivity index (χ4v) is 4.50. The van der Waals surface area contributed by atoms with Crippen LogP contribution in [0.2, 0.25) is 5.02 Å². The Morgan fingerprint density at radius 3 is 2.63 bits per heavy atom. The minimum Gasteiger partial charge on any atom is -0.480 e. The van der Waals surface area contributed by atoms with E-state index in [9.17, 15) is 22.8 Å². The summed E-state index contributed by atoms with van der Waals surface area (Å²) in [6, 6.07) is 3.38. The van der Waals surface area contributed by atoms with Gasteiger partial charge in [-0.3, -0.25) is 9.59 Å². The Bertz CT molecular complexity index is 1580. The Morgan fingerprint density at radius 1 is 1.21 bits per heavy atom. The molecule has 16 heteroatoms. The number of anilines is 2. The van der Waals surface area contributed by atoms with E-state index in [4.69, 9.17) is 27.9 Å². The fourth-order valence-electron chi connectivity index (χ4n) is 3.29. The van der Waals surface area contributed by atoms with E-state index in [1.165, 1.54) is 20.2 Å². The van der Waals surface area contributed by atoms with Gasteiger partial charge in [0.15, 0.2) is 0 Å². The summed E-state index contributed by atoms with van der Waals surface area (Å²) in [4.78, 5) is 42.2. The van der Waals surface area contributed by atoms with Gasteiger partial charge < -0.3 is 20.7 Å². The van der Waals surface area contributed by atoms with Gasteiger partial charge in [-0.15, -0.1) is 11.3 Å². The number of aliphatic imine (C=N–C) groups is 1. The van der Waals surface area contributed by atoms with Crippen LogP contribution in [0.15, 0.2) is 64.7 Å². The van der Waals surface area contributed by atoms with E-state index in [0.29, 0.717) is 22.6 Å². The molecule has 3 heterocycles. The van der Waals surface area contributed by atoms with Gasteiger partial charge in [-0.25, -0.2) is 19.9 Å². The van der Waals surface area contributed by atoms with E-state index in [1.54, 1.807) is 37.5 Å². The summed E-state index contributed by atoms with van der Waals surface area (Å²) in [7, 11) is 1.46. The van der Waals surface area contributed by atoms with Crippen molar-refractivity contribution in [3.63, 3.8) is 0 Å². The van der Waals surface area contributed by atoms with Gasteiger partial charge in [-0.2, -0.15) is 13.2 Å². The predicted octanol–water partition coefficient (Wildman–Crippen LogP) is 6.99. The first-order chi connectivity index (χ1) is 20.3. The molecule has 0 radical (unpaired) electrons. The molecule has 228 valence electrons. The van der Waals surface area contributed by atoms with Gasteiger partial charge >= 0.3 is 6.18 Å². The maximum absolute atomic E-state index is 13.1. The molecule has 0 saturated carbocycles. The zero-order valence-electron chi connectivity index (χ0n) is 23.2. The number of methoxy groups -OCH3 is 1. The largest absolute Gasteiger partial charge is 0.480 e. The van der Waals surface area contributed by atoms with Gasteiger partial charge in [0.25, 0.3) is 5.91 Å². The van der Waals surface area contributed by atoms with E-state index in [-0.39, 0.29) is 27.1 Å². The zero-order valence-corrected chi connectivity index (χ0v) is 25.5. The molecule has 0 aromatic carbocycles. The highest BCUT2D eigenvalue weighted by molar-refractivity contribution is 7.13. The van der Waals surface area contributed by atoms with Crippen molar-refractivity contribution in [3.8, 4) is 5.88 Å². The van der Waals surface area contributed by atoms with Crippen LogP contribution < -0.4 is 20.7 Å². The van der Waals surface area contributed by atoms with Crippen LogP contribution in [0.3, 0.4) is 0 Å². The van der Waals surface area contributed by atoms with Crippen LogP contribution in [0, 0.1) is 0 Å². The summed E-state index contributed by atoms with van der Waals surface area (Å²) in [5.74, 6) is -1.13. The van der Waals surface area contributed by atoms with Crippen molar-refractivity contribution >= 4 is 63.7 Å². The summed E-state index contributed by atoms with van der Waals surface area (Å²) < 4.78 is 44.7. The quantitative estimate of drug-likeness (QED) is 0.122. The normalized spacial score (nSPS) is 13.4. The number of hydrogen-bond acceptors (Lipinski definition) is 8. The second kappa shape index (κ2) is 14.9. The highest BCUT2D eigenvalue weighted by Gasteiger charge is 2.34. The lowest BCUT2D eigenvalue weighted by atomic mass is 10.2. The summed E-state index contributed by atoms with van der Waals surface area (Å²) in [6.07, 6.45) is 2.96. The van der Waals surface area contributed by atoms with Crippen LogP contribution in [0.4, 0.5) is 24.7 Å². The number of rotatable bonds is 10. The lowest BCUT2D eigenvalue weighted by molar-refractivity contribution is -0.137. The molecule has 3 aromatic rings. The summed E-state index contributed by atoms with van der Waals surface area (Å²) >= 11 is 13.1. The molecule has 0 fully saturated rings. The van der Waals surface area contributed by atoms with Crippen LogP contribution >= 0.6 is 34.5 Å². The standard InChI is InChI=1S/C27H26Cl2F3N7O3S/c1-5-6-9-33-22(38-18-8-7-10-34-25(18)42-4)21(29)14(2)23(40)37-15(3)26-36-13-19(43-26)24(41)39-20-11-16(27(30,31)32)17(28)12-35-20/h6-13,15H,5H2,1-4H3,(H,33,38)(H,37,40)(H,35,39,41)/b9-6+,21-14-. The summed E-state index contributed by atoms with van der Waals surface area (Å²) in [5, 5.41) is 7.90. The van der Waals surface area contributed by atoms with E-state index >= 15 is 0 Å². The first-order valence-electron chi connectivity index (χ1n) is 12.5. The smallest absolute Gasteiger partial charge is 0.418 e. The Balaban J connectivity index is 1.75. The molecular weight excluding hydrogens is 630 g/mol. The van der Waals surface area contributed by atoms with Crippen LogP contribution in [0.25, 0.3) is 0 Å². The third-order valence-corrected chi connectivity index (χ3v) is 7.45. The number of nitrogens with zero attached hydrogens (tertiary/aromatic N) is 4. The number of hydrogen-bond donors (Lipinski definition) is 3. The maximum atomic E-state index is 13.1. The number of pyridine rings is 2. The zero-order chi connectivity index (χ0) is 31.7.